The highest BCUT2D eigenvalue weighted by molar-refractivity contribution is 5.73. The van der Waals surface area contributed by atoms with Crippen LogP contribution in [0.4, 0.5) is 10.5 Å². The largest absolute Gasteiger partial charge is 0.371 e. The number of fused-ring (bicyclic) bond motifs is 1. The number of amides is 2. The Morgan fingerprint density at radius 2 is 2.11 bits per heavy atom. The van der Waals surface area contributed by atoms with Gasteiger partial charge in [0.2, 0.25) is 0 Å². The molecule has 1 heterocycles. The number of rotatable bonds is 2. The van der Waals surface area contributed by atoms with E-state index in [1.807, 2.05) is 0 Å². The summed E-state index contributed by atoms with van der Waals surface area (Å²) in [6.45, 7) is 2.31. The molecule has 1 unspecified atom stereocenters. The van der Waals surface area contributed by atoms with E-state index in [0.717, 1.165) is 25.9 Å². The van der Waals surface area contributed by atoms with Gasteiger partial charge in [-0.2, -0.15) is 0 Å². The van der Waals surface area contributed by atoms with Crippen LogP contribution >= 0.6 is 0 Å². The molecule has 0 radical (unpaired) electrons. The van der Waals surface area contributed by atoms with Crippen molar-refractivity contribution in [3.63, 3.8) is 0 Å². The lowest BCUT2D eigenvalue weighted by Crippen LogP contribution is -2.32. The Bertz CT molecular complexity index is 466. The van der Waals surface area contributed by atoms with E-state index < -0.39 is 6.03 Å². The second kappa shape index (κ2) is 4.52. The number of nitrogens with one attached hydrogen (secondary N) is 1. The molecular weight excluding hydrogens is 226 g/mol. The summed E-state index contributed by atoms with van der Waals surface area (Å²) in [5.74, 6) is 0. The van der Waals surface area contributed by atoms with Crippen LogP contribution in [0.1, 0.15) is 36.4 Å². The van der Waals surface area contributed by atoms with E-state index in [0.29, 0.717) is 0 Å². The first kappa shape index (κ1) is 11.4. The van der Waals surface area contributed by atoms with E-state index in [1.54, 1.807) is 0 Å². The Morgan fingerprint density at radius 3 is 2.83 bits per heavy atom. The third-order valence-electron chi connectivity index (χ3n) is 4.01. The minimum Gasteiger partial charge on any atom is -0.371 e. The van der Waals surface area contributed by atoms with Crippen molar-refractivity contribution in [2.24, 2.45) is 5.73 Å². The molecule has 4 nitrogen and oxygen atoms in total. The molecule has 0 spiro atoms. The third kappa shape index (κ3) is 1.92. The van der Waals surface area contributed by atoms with Crippen LogP contribution in [0, 0.1) is 0 Å². The molecule has 96 valence electrons. The molecule has 18 heavy (non-hydrogen) atoms. The van der Waals surface area contributed by atoms with Crippen molar-refractivity contribution in [2.45, 2.75) is 31.7 Å². The molecule has 1 fully saturated rings. The summed E-state index contributed by atoms with van der Waals surface area (Å²) in [6.07, 6.45) is 4.56. The average molecular weight is 245 g/mol. The van der Waals surface area contributed by atoms with Crippen molar-refractivity contribution in [1.82, 2.24) is 5.32 Å². The highest BCUT2D eigenvalue weighted by Gasteiger charge is 2.27. The predicted octanol–water partition coefficient (Wildman–Crippen LogP) is 1.94. The number of primary amides is 1. The van der Waals surface area contributed by atoms with Gasteiger partial charge in [0.05, 0.1) is 6.04 Å². The first-order chi connectivity index (χ1) is 8.75. The van der Waals surface area contributed by atoms with E-state index in [-0.39, 0.29) is 6.04 Å². The number of hydrogen-bond donors (Lipinski definition) is 2. The Balaban J connectivity index is 1.91. The molecule has 3 N–H and O–H groups in total. The van der Waals surface area contributed by atoms with Crippen LogP contribution in [-0.2, 0) is 6.42 Å². The maximum absolute atomic E-state index is 11.0. The summed E-state index contributed by atoms with van der Waals surface area (Å²) < 4.78 is 0. The molecule has 0 aromatic heterocycles. The average Bonchev–Trinajstić information content (AvgIpc) is 2.98. The van der Waals surface area contributed by atoms with Gasteiger partial charge in [-0.3, -0.25) is 0 Å². The molecular formula is C14H19N3O. The Morgan fingerprint density at radius 1 is 1.33 bits per heavy atom. The zero-order valence-corrected chi connectivity index (χ0v) is 10.5. The second-order valence-corrected chi connectivity index (χ2v) is 5.14. The first-order valence-electron chi connectivity index (χ1n) is 6.68. The molecule has 2 amide bonds. The highest BCUT2D eigenvalue weighted by Crippen LogP contribution is 2.38. The zero-order chi connectivity index (χ0) is 12.5. The smallest absolute Gasteiger partial charge is 0.312 e. The van der Waals surface area contributed by atoms with Gasteiger partial charge in [-0.1, -0.05) is 12.1 Å². The van der Waals surface area contributed by atoms with Gasteiger partial charge >= 0.3 is 6.03 Å². The summed E-state index contributed by atoms with van der Waals surface area (Å²) in [5.41, 5.74) is 9.24. The van der Waals surface area contributed by atoms with Gasteiger partial charge in [-0.05, 0) is 42.9 Å². The van der Waals surface area contributed by atoms with E-state index >= 15 is 0 Å². The van der Waals surface area contributed by atoms with Gasteiger partial charge in [0.1, 0.15) is 0 Å². The van der Waals surface area contributed by atoms with Crippen molar-refractivity contribution in [3.8, 4) is 0 Å². The fraction of sp³-hybridized carbons (Fsp3) is 0.500. The first-order valence-corrected chi connectivity index (χ1v) is 6.68. The highest BCUT2D eigenvalue weighted by atomic mass is 16.2. The minimum absolute atomic E-state index is 0.0973. The van der Waals surface area contributed by atoms with E-state index in [9.17, 15) is 4.79 Å². The van der Waals surface area contributed by atoms with Crippen LogP contribution in [0.25, 0.3) is 0 Å². The molecule has 4 heteroatoms. The quantitative estimate of drug-likeness (QED) is 0.836. The van der Waals surface area contributed by atoms with Crippen LogP contribution in [0.15, 0.2) is 18.2 Å². The van der Waals surface area contributed by atoms with E-state index in [2.05, 4.69) is 28.4 Å². The zero-order valence-electron chi connectivity index (χ0n) is 10.5. The molecule has 0 bridgehead atoms. The molecule has 1 aliphatic carbocycles. The van der Waals surface area contributed by atoms with Gasteiger partial charge in [0.25, 0.3) is 0 Å². The molecule has 1 saturated heterocycles. The fourth-order valence-electron chi connectivity index (χ4n) is 3.21. The van der Waals surface area contributed by atoms with Crippen molar-refractivity contribution in [3.05, 3.63) is 29.3 Å². The molecule has 1 aromatic carbocycles. The fourth-order valence-corrected chi connectivity index (χ4v) is 3.21. The standard InChI is InChI=1S/C14H19N3O/c15-14(18)16-12-7-6-11-10(12)4-3-5-13(11)17-8-1-2-9-17/h3-5,12H,1-2,6-9H2,(H3,15,16,18). The predicted molar refractivity (Wildman–Crippen MR) is 71.7 cm³/mol. The molecule has 1 aromatic rings. The van der Waals surface area contributed by atoms with E-state index in [1.165, 1.54) is 29.7 Å². The third-order valence-corrected chi connectivity index (χ3v) is 4.01. The van der Waals surface area contributed by atoms with Crippen molar-refractivity contribution in [1.29, 1.82) is 0 Å². The van der Waals surface area contributed by atoms with Crippen molar-refractivity contribution >= 4 is 11.7 Å². The minimum atomic E-state index is -0.431. The maximum Gasteiger partial charge on any atom is 0.312 e. The molecule has 0 saturated carbocycles. The van der Waals surface area contributed by atoms with Gasteiger partial charge in [-0.15, -0.1) is 0 Å². The molecule has 1 aliphatic heterocycles. The Hall–Kier alpha value is -1.71. The maximum atomic E-state index is 11.0. The number of nitrogens with zero attached hydrogens (tertiary/aromatic N) is 1. The van der Waals surface area contributed by atoms with Gasteiger partial charge < -0.3 is 16.0 Å². The number of nitrogens with two attached hydrogens (primary N) is 1. The lowest BCUT2D eigenvalue weighted by molar-refractivity contribution is 0.245. The normalized spacial score (nSPS) is 22.0. The van der Waals surface area contributed by atoms with Gasteiger partial charge in [-0.25, -0.2) is 4.79 Å². The summed E-state index contributed by atoms with van der Waals surface area (Å²) >= 11 is 0. The van der Waals surface area contributed by atoms with Crippen LogP contribution in [0.3, 0.4) is 0 Å². The number of hydrogen-bond acceptors (Lipinski definition) is 2. The number of benzene rings is 1. The molecule has 1 atom stereocenters. The van der Waals surface area contributed by atoms with Crippen LogP contribution in [0.5, 0.6) is 0 Å². The van der Waals surface area contributed by atoms with Crippen molar-refractivity contribution in [2.75, 3.05) is 18.0 Å². The lowest BCUT2D eigenvalue weighted by Gasteiger charge is -2.21. The second-order valence-electron chi connectivity index (χ2n) is 5.14. The van der Waals surface area contributed by atoms with Gasteiger partial charge in [0.15, 0.2) is 0 Å². The number of carbonyl (C=O) groups excluding carboxylic acids is 1. The van der Waals surface area contributed by atoms with Gasteiger partial charge in [0, 0.05) is 18.8 Å². The summed E-state index contributed by atoms with van der Waals surface area (Å²) in [6, 6.07) is 6.08. The molecule has 2 aliphatic rings. The number of urea groups is 1. The summed E-state index contributed by atoms with van der Waals surface area (Å²) in [5, 5.41) is 2.84. The summed E-state index contributed by atoms with van der Waals surface area (Å²) in [4.78, 5) is 13.5. The van der Waals surface area contributed by atoms with Crippen molar-refractivity contribution < 1.29 is 4.79 Å². The molecule has 3 rings (SSSR count). The SMILES string of the molecule is NC(=O)NC1CCc2c1cccc2N1CCCC1. The number of anilines is 1. The van der Waals surface area contributed by atoms with Crippen LogP contribution in [-0.4, -0.2) is 19.1 Å². The number of carbonyl (C=O) groups is 1. The van der Waals surface area contributed by atoms with Crippen LogP contribution in [0.2, 0.25) is 0 Å². The summed E-state index contributed by atoms with van der Waals surface area (Å²) in [7, 11) is 0. The van der Waals surface area contributed by atoms with Crippen LogP contribution < -0.4 is 16.0 Å². The van der Waals surface area contributed by atoms with E-state index in [4.69, 9.17) is 5.73 Å². The monoisotopic (exact) mass is 245 g/mol. The lowest BCUT2D eigenvalue weighted by atomic mass is 10.1. The Kier molecular flexibility index (Phi) is 2.86. The topological polar surface area (TPSA) is 58.4 Å². The Labute approximate surface area is 107 Å².